The zero-order valence-electron chi connectivity index (χ0n) is 19.5. The number of aromatic nitrogens is 1. The number of rotatable bonds is 9. The van der Waals surface area contributed by atoms with Gasteiger partial charge in [0.25, 0.3) is 5.91 Å². The second-order valence-electron chi connectivity index (χ2n) is 7.75. The Balaban J connectivity index is 1.70. The van der Waals surface area contributed by atoms with Crippen molar-refractivity contribution in [1.82, 2.24) is 9.88 Å². The minimum absolute atomic E-state index is 0.224. The molecule has 0 atom stereocenters. The molecule has 10 heteroatoms. The molecule has 2 heterocycles. The minimum Gasteiger partial charge on any atom is -0.496 e. The van der Waals surface area contributed by atoms with Crippen LogP contribution in [0.5, 0.6) is 17.2 Å². The van der Waals surface area contributed by atoms with Gasteiger partial charge in [-0.1, -0.05) is 22.9 Å². The molecule has 0 radical (unpaired) electrons. The molecule has 1 saturated heterocycles. The zero-order chi connectivity index (χ0) is 24.1. The molecule has 0 saturated carbocycles. The normalized spacial score (nSPS) is 14.2. The van der Waals surface area contributed by atoms with Crippen molar-refractivity contribution in [3.05, 3.63) is 40.9 Å². The molecule has 1 fully saturated rings. The number of methoxy groups -OCH3 is 3. The van der Waals surface area contributed by atoms with Crippen molar-refractivity contribution in [2.75, 3.05) is 65.6 Å². The lowest BCUT2D eigenvalue weighted by atomic mass is 10.1. The number of morpholine rings is 1. The van der Waals surface area contributed by atoms with Crippen LogP contribution >= 0.6 is 22.9 Å². The van der Waals surface area contributed by atoms with Crippen molar-refractivity contribution in [2.24, 2.45) is 0 Å². The van der Waals surface area contributed by atoms with Crippen molar-refractivity contribution in [2.45, 2.75) is 6.42 Å². The number of benzene rings is 2. The van der Waals surface area contributed by atoms with E-state index < -0.39 is 0 Å². The standard InChI is InChI=1S/C24H28ClN3O5S/c1-30-18-6-5-16(25)15-17(18)23(29)28(10-4-9-27-11-13-33-14-12-27)24-26-21-19(31-2)7-8-20(32-3)22(21)34-24/h5-8,15H,4,9-14H2,1-3H3. The molecule has 1 aromatic heterocycles. The van der Waals surface area contributed by atoms with Crippen molar-refractivity contribution in [3.63, 3.8) is 0 Å². The van der Waals surface area contributed by atoms with Crippen LogP contribution in [0, 0.1) is 0 Å². The Bertz CT molecular complexity index is 1110. The van der Waals surface area contributed by atoms with Gasteiger partial charge in [-0.15, -0.1) is 0 Å². The highest BCUT2D eigenvalue weighted by molar-refractivity contribution is 7.22. The second kappa shape index (κ2) is 11.2. The van der Waals surface area contributed by atoms with Gasteiger partial charge in [0, 0.05) is 31.2 Å². The Kier molecular flexibility index (Phi) is 8.10. The highest BCUT2D eigenvalue weighted by Crippen LogP contribution is 2.40. The van der Waals surface area contributed by atoms with E-state index in [9.17, 15) is 4.79 Å². The van der Waals surface area contributed by atoms with Gasteiger partial charge in [-0.05, 0) is 36.8 Å². The number of hydrogen-bond donors (Lipinski definition) is 0. The largest absolute Gasteiger partial charge is 0.496 e. The van der Waals surface area contributed by atoms with Crippen LogP contribution in [0.4, 0.5) is 5.13 Å². The summed E-state index contributed by atoms with van der Waals surface area (Å²) in [6.45, 7) is 4.60. The molecule has 2 aromatic carbocycles. The number of thiazole rings is 1. The lowest BCUT2D eigenvalue weighted by molar-refractivity contribution is 0.0376. The van der Waals surface area contributed by atoms with Crippen molar-refractivity contribution in [3.8, 4) is 17.2 Å². The summed E-state index contributed by atoms with van der Waals surface area (Å²) >= 11 is 7.62. The fourth-order valence-electron chi connectivity index (χ4n) is 3.94. The summed E-state index contributed by atoms with van der Waals surface area (Å²) in [5, 5.41) is 1.02. The zero-order valence-corrected chi connectivity index (χ0v) is 21.1. The maximum atomic E-state index is 13.8. The number of ether oxygens (including phenoxy) is 4. The SMILES string of the molecule is COc1ccc(Cl)cc1C(=O)N(CCCN1CCOCC1)c1nc2c(OC)ccc(OC)c2s1. The molecule has 1 amide bonds. The Morgan fingerprint density at radius 2 is 1.76 bits per heavy atom. The Morgan fingerprint density at radius 1 is 1.09 bits per heavy atom. The summed E-state index contributed by atoms with van der Waals surface area (Å²) in [6, 6.07) is 8.69. The summed E-state index contributed by atoms with van der Waals surface area (Å²) in [7, 11) is 4.75. The molecule has 8 nitrogen and oxygen atoms in total. The monoisotopic (exact) mass is 505 g/mol. The molecule has 4 rings (SSSR count). The highest BCUT2D eigenvalue weighted by Gasteiger charge is 2.26. The first-order valence-corrected chi connectivity index (χ1v) is 12.2. The van der Waals surface area contributed by atoms with Crippen LogP contribution in [0.1, 0.15) is 16.8 Å². The maximum absolute atomic E-state index is 13.8. The van der Waals surface area contributed by atoms with E-state index in [1.54, 1.807) is 37.3 Å². The first kappa shape index (κ1) is 24.5. The van der Waals surface area contributed by atoms with Crippen LogP contribution in [0.25, 0.3) is 10.2 Å². The van der Waals surface area contributed by atoms with E-state index in [1.807, 2.05) is 12.1 Å². The van der Waals surface area contributed by atoms with Crippen LogP contribution in [0.3, 0.4) is 0 Å². The van der Waals surface area contributed by atoms with Crippen molar-refractivity contribution >= 4 is 44.2 Å². The summed E-state index contributed by atoms with van der Waals surface area (Å²) < 4.78 is 22.8. The first-order chi connectivity index (χ1) is 16.5. The minimum atomic E-state index is -0.224. The van der Waals surface area contributed by atoms with E-state index in [0.717, 1.165) is 44.0 Å². The smallest absolute Gasteiger partial charge is 0.263 e. The van der Waals surface area contributed by atoms with Gasteiger partial charge in [0.15, 0.2) is 5.13 Å². The number of halogens is 1. The number of carbonyl (C=O) groups excluding carboxylic acids is 1. The molecule has 0 bridgehead atoms. The van der Waals surface area contributed by atoms with E-state index >= 15 is 0 Å². The van der Waals surface area contributed by atoms with Gasteiger partial charge in [0.2, 0.25) is 0 Å². The molecule has 34 heavy (non-hydrogen) atoms. The molecular weight excluding hydrogens is 478 g/mol. The summed E-state index contributed by atoms with van der Waals surface area (Å²) in [5.41, 5.74) is 1.05. The Morgan fingerprint density at radius 3 is 2.47 bits per heavy atom. The van der Waals surface area contributed by atoms with E-state index in [2.05, 4.69) is 4.90 Å². The highest BCUT2D eigenvalue weighted by atomic mass is 35.5. The first-order valence-electron chi connectivity index (χ1n) is 11.0. The number of amides is 1. The number of hydrogen-bond acceptors (Lipinski definition) is 8. The number of nitrogens with zero attached hydrogens (tertiary/aromatic N) is 3. The number of fused-ring (bicyclic) bond motifs is 1. The van der Waals surface area contributed by atoms with Crippen molar-refractivity contribution in [1.29, 1.82) is 0 Å². The molecule has 3 aromatic rings. The van der Waals surface area contributed by atoms with Gasteiger partial charge < -0.3 is 18.9 Å². The lowest BCUT2D eigenvalue weighted by Gasteiger charge is -2.28. The maximum Gasteiger partial charge on any atom is 0.263 e. The molecule has 1 aliphatic heterocycles. The third-order valence-electron chi connectivity index (χ3n) is 5.73. The van der Waals surface area contributed by atoms with Gasteiger partial charge in [0.05, 0.1) is 40.1 Å². The average Bonchev–Trinajstić information content (AvgIpc) is 3.31. The van der Waals surface area contributed by atoms with Gasteiger partial charge in [0.1, 0.15) is 27.5 Å². The molecule has 1 aliphatic rings. The van der Waals surface area contributed by atoms with Crippen molar-refractivity contribution < 1.29 is 23.7 Å². The van der Waals surface area contributed by atoms with Gasteiger partial charge in [-0.3, -0.25) is 14.6 Å². The van der Waals surface area contributed by atoms with Gasteiger partial charge in [-0.2, -0.15) is 0 Å². The van der Waals surface area contributed by atoms with Crippen LogP contribution in [0.2, 0.25) is 5.02 Å². The summed E-state index contributed by atoms with van der Waals surface area (Å²) in [4.78, 5) is 22.6. The Labute approximate surface area is 207 Å². The summed E-state index contributed by atoms with van der Waals surface area (Å²) in [5.74, 6) is 1.54. The van der Waals surface area contributed by atoms with Gasteiger partial charge in [-0.25, -0.2) is 4.98 Å². The van der Waals surface area contributed by atoms with E-state index in [4.69, 9.17) is 35.5 Å². The van der Waals surface area contributed by atoms with E-state index in [0.29, 0.717) is 45.0 Å². The Hall–Kier alpha value is -2.59. The molecule has 0 N–H and O–H groups in total. The topological polar surface area (TPSA) is 73.4 Å². The van der Waals surface area contributed by atoms with Crippen LogP contribution in [-0.2, 0) is 4.74 Å². The lowest BCUT2D eigenvalue weighted by Crippen LogP contribution is -2.39. The number of anilines is 1. The van der Waals surface area contributed by atoms with E-state index in [1.165, 1.54) is 18.4 Å². The van der Waals surface area contributed by atoms with E-state index in [-0.39, 0.29) is 5.91 Å². The predicted octanol–water partition coefficient (Wildman–Crippen LogP) is 4.34. The second-order valence-corrected chi connectivity index (χ2v) is 9.17. The molecule has 0 aliphatic carbocycles. The van der Waals surface area contributed by atoms with Crippen LogP contribution in [0.15, 0.2) is 30.3 Å². The third-order valence-corrected chi connectivity index (χ3v) is 7.05. The summed E-state index contributed by atoms with van der Waals surface area (Å²) in [6.07, 6.45) is 0.777. The third kappa shape index (κ3) is 5.22. The molecular formula is C24H28ClN3O5S. The molecule has 0 unspecified atom stereocenters. The molecule has 0 spiro atoms. The predicted molar refractivity (Wildman–Crippen MR) is 134 cm³/mol. The fraction of sp³-hybridized carbons (Fsp3) is 0.417. The molecule has 182 valence electrons. The number of carbonyl (C=O) groups is 1. The fourth-order valence-corrected chi connectivity index (χ4v) is 5.21. The quantitative estimate of drug-likeness (QED) is 0.428. The van der Waals surface area contributed by atoms with Crippen LogP contribution in [-0.4, -0.2) is 76.5 Å². The average molecular weight is 506 g/mol. The van der Waals surface area contributed by atoms with Crippen LogP contribution < -0.4 is 19.1 Å². The van der Waals surface area contributed by atoms with Gasteiger partial charge >= 0.3 is 0 Å².